The van der Waals surface area contributed by atoms with Crippen LogP contribution in [0.3, 0.4) is 0 Å². The predicted octanol–water partition coefficient (Wildman–Crippen LogP) is 5.13. The van der Waals surface area contributed by atoms with Crippen LogP contribution >= 0.6 is 0 Å². The summed E-state index contributed by atoms with van der Waals surface area (Å²) in [5, 5.41) is 3.35. The van der Waals surface area contributed by atoms with Crippen molar-refractivity contribution in [1.29, 1.82) is 0 Å². The molecule has 1 N–H and O–H groups in total. The molecule has 0 aliphatic carbocycles. The summed E-state index contributed by atoms with van der Waals surface area (Å²) in [7, 11) is 1.54. The Hall–Kier alpha value is -2.03. The van der Waals surface area contributed by atoms with Gasteiger partial charge in [-0.2, -0.15) is 0 Å². The summed E-state index contributed by atoms with van der Waals surface area (Å²) in [6.07, 6.45) is 0. The van der Waals surface area contributed by atoms with Crippen molar-refractivity contribution in [1.82, 2.24) is 0 Å². The molecule has 0 saturated carbocycles. The normalized spacial score (nSPS) is 12.3. The quantitative estimate of drug-likeness (QED) is 0.823. The molecule has 2 rings (SSSR count). The fourth-order valence-corrected chi connectivity index (χ4v) is 2.30. The Kier molecular flexibility index (Phi) is 4.84. The summed E-state index contributed by atoms with van der Waals surface area (Å²) in [5.41, 5.74) is 2.90. The van der Waals surface area contributed by atoms with Gasteiger partial charge in [0.15, 0.2) is 0 Å². The SMILES string of the molecule is COc1ccc(C(C)Nc2cccc(C(C)C)c2)c(F)c1. The summed E-state index contributed by atoms with van der Waals surface area (Å²) in [4.78, 5) is 0. The number of benzene rings is 2. The lowest BCUT2D eigenvalue weighted by Gasteiger charge is -2.18. The number of methoxy groups -OCH3 is 1. The minimum absolute atomic E-state index is 0.113. The first kappa shape index (κ1) is 15.4. The third-order valence-electron chi connectivity index (χ3n) is 3.61. The Balaban J connectivity index is 2.17. The third-order valence-corrected chi connectivity index (χ3v) is 3.61. The Labute approximate surface area is 126 Å². The molecule has 0 bridgehead atoms. The monoisotopic (exact) mass is 287 g/mol. The number of ether oxygens (including phenoxy) is 1. The van der Waals surface area contributed by atoms with E-state index in [-0.39, 0.29) is 11.9 Å². The Bertz CT molecular complexity index is 610. The molecule has 0 saturated heterocycles. The zero-order valence-electron chi connectivity index (χ0n) is 13.0. The second-order valence-electron chi connectivity index (χ2n) is 5.53. The van der Waals surface area contributed by atoms with Gasteiger partial charge in [0.2, 0.25) is 0 Å². The number of rotatable bonds is 5. The lowest BCUT2D eigenvalue weighted by atomic mass is 10.0. The maximum atomic E-state index is 14.1. The molecule has 0 aliphatic rings. The van der Waals surface area contributed by atoms with Gasteiger partial charge in [0.05, 0.1) is 13.2 Å². The van der Waals surface area contributed by atoms with Crippen molar-refractivity contribution in [2.24, 2.45) is 0 Å². The van der Waals surface area contributed by atoms with Gasteiger partial charge in [-0.15, -0.1) is 0 Å². The minimum atomic E-state index is -0.255. The molecule has 2 nitrogen and oxygen atoms in total. The molecule has 1 atom stereocenters. The van der Waals surface area contributed by atoms with Crippen LogP contribution in [0.5, 0.6) is 5.75 Å². The van der Waals surface area contributed by atoms with Gasteiger partial charge < -0.3 is 10.1 Å². The molecule has 21 heavy (non-hydrogen) atoms. The summed E-state index contributed by atoms with van der Waals surface area (Å²) in [5.74, 6) is 0.749. The van der Waals surface area contributed by atoms with E-state index in [2.05, 4.69) is 31.3 Å². The number of hydrogen-bond acceptors (Lipinski definition) is 2. The van der Waals surface area contributed by atoms with Crippen LogP contribution in [-0.2, 0) is 0 Å². The zero-order chi connectivity index (χ0) is 15.4. The van der Waals surface area contributed by atoms with Gasteiger partial charge in [-0.1, -0.05) is 32.0 Å². The van der Waals surface area contributed by atoms with Crippen LogP contribution in [0.2, 0.25) is 0 Å². The minimum Gasteiger partial charge on any atom is -0.497 e. The van der Waals surface area contributed by atoms with Crippen molar-refractivity contribution < 1.29 is 9.13 Å². The van der Waals surface area contributed by atoms with E-state index >= 15 is 0 Å². The highest BCUT2D eigenvalue weighted by Crippen LogP contribution is 2.26. The van der Waals surface area contributed by atoms with Crippen molar-refractivity contribution in [3.05, 3.63) is 59.4 Å². The first-order valence-corrected chi connectivity index (χ1v) is 7.21. The van der Waals surface area contributed by atoms with E-state index in [1.54, 1.807) is 12.1 Å². The highest BCUT2D eigenvalue weighted by atomic mass is 19.1. The van der Waals surface area contributed by atoms with Gasteiger partial charge in [-0.05, 0) is 36.6 Å². The van der Waals surface area contributed by atoms with Crippen LogP contribution < -0.4 is 10.1 Å². The zero-order valence-corrected chi connectivity index (χ0v) is 13.0. The molecule has 2 aromatic rings. The standard InChI is InChI=1S/C18H22FNO/c1-12(2)14-6-5-7-15(10-14)20-13(3)17-9-8-16(21-4)11-18(17)19/h5-13,20H,1-4H3. The predicted molar refractivity (Wildman–Crippen MR) is 85.5 cm³/mol. The summed E-state index contributed by atoms with van der Waals surface area (Å²) < 4.78 is 19.1. The number of anilines is 1. The number of hydrogen-bond donors (Lipinski definition) is 1. The summed E-state index contributed by atoms with van der Waals surface area (Å²) in [6.45, 7) is 6.27. The number of halogens is 1. The Morgan fingerprint density at radius 1 is 1.05 bits per heavy atom. The van der Waals surface area contributed by atoms with E-state index in [4.69, 9.17) is 4.74 Å². The summed E-state index contributed by atoms with van der Waals surface area (Å²) >= 11 is 0. The van der Waals surface area contributed by atoms with Crippen LogP contribution in [0.1, 0.15) is 43.9 Å². The lowest BCUT2D eigenvalue weighted by molar-refractivity contribution is 0.410. The molecule has 0 spiro atoms. The largest absolute Gasteiger partial charge is 0.497 e. The lowest BCUT2D eigenvalue weighted by Crippen LogP contribution is -2.09. The maximum Gasteiger partial charge on any atom is 0.132 e. The maximum absolute atomic E-state index is 14.1. The van der Waals surface area contributed by atoms with Gasteiger partial charge in [0.25, 0.3) is 0 Å². The smallest absolute Gasteiger partial charge is 0.132 e. The van der Waals surface area contributed by atoms with Gasteiger partial charge in [0.1, 0.15) is 11.6 Å². The van der Waals surface area contributed by atoms with Crippen molar-refractivity contribution in [2.75, 3.05) is 12.4 Å². The molecule has 0 aromatic heterocycles. The van der Waals surface area contributed by atoms with Gasteiger partial charge in [-0.3, -0.25) is 0 Å². The summed E-state index contributed by atoms with van der Waals surface area (Å²) in [6, 6.07) is 13.1. The van der Waals surface area contributed by atoms with Gasteiger partial charge >= 0.3 is 0 Å². The van der Waals surface area contributed by atoms with Crippen LogP contribution in [0.25, 0.3) is 0 Å². The van der Waals surface area contributed by atoms with E-state index < -0.39 is 0 Å². The van der Waals surface area contributed by atoms with E-state index in [0.717, 1.165) is 5.69 Å². The Morgan fingerprint density at radius 3 is 2.43 bits per heavy atom. The highest BCUT2D eigenvalue weighted by molar-refractivity contribution is 5.48. The molecule has 0 radical (unpaired) electrons. The van der Waals surface area contributed by atoms with E-state index in [0.29, 0.717) is 17.2 Å². The molecule has 0 amide bonds. The molecular weight excluding hydrogens is 265 g/mol. The van der Waals surface area contributed by atoms with Crippen LogP contribution in [0, 0.1) is 5.82 Å². The topological polar surface area (TPSA) is 21.3 Å². The van der Waals surface area contributed by atoms with E-state index in [9.17, 15) is 4.39 Å². The van der Waals surface area contributed by atoms with Crippen molar-refractivity contribution in [2.45, 2.75) is 32.7 Å². The molecule has 3 heteroatoms. The fourth-order valence-electron chi connectivity index (χ4n) is 2.30. The van der Waals surface area contributed by atoms with Gasteiger partial charge in [-0.25, -0.2) is 4.39 Å². The fraction of sp³-hybridized carbons (Fsp3) is 0.333. The van der Waals surface area contributed by atoms with Crippen molar-refractivity contribution >= 4 is 5.69 Å². The first-order chi connectivity index (χ1) is 10.0. The second kappa shape index (κ2) is 6.61. The van der Waals surface area contributed by atoms with Crippen molar-refractivity contribution in [3.8, 4) is 5.75 Å². The molecule has 0 aliphatic heterocycles. The van der Waals surface area contributed by atoms with E-state index in [1.807, 2.05) is 19.1 Å². The van der Waals surface area contributed by atoms with Crippen molar-refractivity contribution in [3.63, 3.8) is 0 Å². The molecule has 0 fully saturated rings. The number of nitrogens with one attached hydrogen (secondary N) is 1. The third kappa shape index (κ3) is 3.75. The van der Waals surface area contributed by atoms with Gasteiger partial charge in [0, 0.05) is 17.3 Å². The van der Waals surface area contributed by atoms with Crippen LogP contribution in [0.15, 0.2) is 42.5 Å². The second-order valence-corrected chi connectivity index (χ2v) is 5.53. The Morgan fingerprint density at radius 2 is 1.81 bits per heavy atom. The molecule has 1 unspecified atom stereocenters. The van der Waals surface area contributed by atoms with Crippen LogP contribution in [0.4, 0.5) is 10.1 Å². The highest BCUT2D eigenvalue weighted by Gasteiger charge is 2.12. The molecule has 2 aromatic carbocycles. The molecular formula is C18H22FNO. The molecule has 112 valence electrons. The molecule has 0 heterocycles. The average Bonchev–Trinajstić information content (AvgIpc) is 2.47. The average molecular weight is 287 g/mol. The first-order valence-electron chi connectivity index (χ1n) is 7.21. The van der Waals surface area contributed by atoms with E-state index in [1.165, 1.54) is 18.7 Å². The van der Waals surface area contributed by atoms with Crippen LogP contribution in [-0.4, -0.2) is 7.11 Å².